The highest BCUT2D eigenvalue weighted by atomic mass is 19.1. The molecule has 1 aliphatic rings. The Morgan fingerprint density at radius 2 is 2.24 bits per heavy atom. The zero-order chi connectivity index (χ0) is 12.3. The Morgan fingerprint density at radius 1 is 1.47 bits per heavy atom. The molecule has 17 heavy (non-hydrogen) atoms. The molecule has 0 aliphatic carbocycles. The molecule has 1 N–H and O–H groups in total. The number of hydrogen-bond acceptors (Lipinski definition) is 3. The van der Waals surface area contributed by atoms with E-state index in [2.05, 4.69) is 5.32 Å². The standard InChI is InChI=1S/C13H18FNO2/c1-15-6-5-13(8-17-9-13)10-3-4-12(16-2)11(14)7-10/h3-4,7,15H,5-6,8-9H2,1-2H3. The molecule has 1 heterocycles. The van der Waals surface area contributed by atoms with Crippen LogP contribution < -0.4 is 10.1 Å². The van der Waals surface area contributed by atoms with Crippen molar-refractivity contribution in [3.8, 4) is 5.75 Å². The largest absolute Gasteiger partial charge is 0.494 e. The Balaban J connectivity index is 2.22. The minimum atomic E-state index is -0.305. The first-order valence-electron chi connectivity index (χ1n) is 5.78. The molecule has 1 aromatic carbocycles. The average Bonchev–Trinajstić information content (AvgIpc) is 2.28. The summed E-state index contributed by atoms with van der Waals surface area (Å²) in [5, 5.41) is 3.12. The molecule has 1 aromatic rings. The molecule has 2 rings (SSSR count). The van der Waals surface area contributed by atoms with Gasteiger partial charge in [-0.2, -0.15) is 0 Å². The van der Waals surface area contributed by atoms with Gasteiger partial charge in [-0.15, -0.1) is 0 Å². The molecule has 4 heteroatoms. The maximum absolute atomic E-state index is 13.7. The molecule has 0 aromatic heterocycles. The van der Waals surface area contributed by atoms with Crippen LogP contribution in [0.15, 0.2) is 18.2 Å². The predicted octanol–water partition coefficient (Wildman–Crippen LogP) is 1.71. The molecule has 1 saturated heterocycles. The smallest absolute Gasteiger partial charge is 0.165 e. The highest BCUT2D eigenvalue weighted by Crippen LogP contribution is 2.37. The second kappa shape index (κ2) is 5.02. The third-order valence-corrected chi connectivity index (χ3v) is 3.37. The van der Waals surface area contributed by atoms with Crippen LogP contribution in [-0.4, -0.2) is 33.9 Å². The lowest BCUT2D eigenvalue weighted by Crippen LogP contribution is -2.48. The summed E-state index contributed by atoms with van der Waals surface area (Å²) >= 11 is 0. The quantitative estimate of drug-likeness (QED) is 0.848. The molecule has 0 bridgehead atoms. The van der Waals surface area contributed by atoms with Crippen molar-refractivity contribution in [2.75, 3.05) is 33.9 Å². The number of ether oxygens (including phenoxy) is 2. The third kappa shape index (κ3) is 2.28. The molecule has 0 atom stereocenters. The van der Waals surface area contributed by atoms with Crippen LogP contribution in [0.2, 0.25) is 0 Å². The predicted molar refractivity (Wildman–Crippen MR) is 64.0 cm³/mol. The first kappa shape index (κ1) is 12.3. The minimum absolute atomic E-state index is 0.0316. The van der Waals surface area contributed by atoms with Crippen LogP contribution in [-0.2, 0) is 10.2 Å². The number of halogens is 1. The molecule has 0 radical (unpaired) electrons. The van der Waals surface area contributed by atoms with Gasteiger partial charge >= 0.3 is 0 Å². The normalized spacial score (nSPS) is 17.6. The van der Waals surface area contributed by atoms with E-state index in [1.165, 1.54) is 7.11 Å². The van der Waals surface area contributed by atoms with E-state index in [1.54, 1.807) is 12.1 Å². The van der Waals surface area contributed by atoms with E-state index >= 15 is 0 Å². The van der Waals surface area contributed by atoms with Gasteiger partial charge in [-0.25, -0.2) is 4.39 Å². The molecule has 94 valence electrons. The van der Waals surface area contributed by atoms with Gasteiger partial charge in [0.05, 0.1) is 20.3 Å². The summed E-state index contributed by atoms with van der Waals surface area (Å²) in [6.07, 6.45) is 0.954. The Labute approximate surface area is 101 Å². The summed E-state index contributed by atoms with van der Waals surface area (Å²) in [6, 6.07) is 5.18. The fraction of sp³-hybridized carbons (Fsp3) is 0.538. The maximum atomic E-state index is 13.7. The number of methoxy groups -OCH3 is 1. The lowest BCUT2D eigenvalue weighted by Gasteiger charge is -2.42. The second-order valence-corrected chi connectivity index (χ2v) is 4.48. The fourth-order valence-corrected chi connectivity index (χ4v) is 2.16. The van der Waals surface area contributed by atoms with Gasteiger partial charge in [0.25, 0.3) is 0 Å². The van der Waals surface area contributed by atoms with Crippen LogP contribution in [0.25, 0.3) is 0 Å². The summed E-state index contributed by atoms with van der Waals surface area (Å²) in [5.74, 6) is -0.0153. The van der Waals surface area contributed by atoms with Crippen molar-refractivity contribution in [3.63, 3.8) is 0 Å². The van der Waals surface area contributed by atoms with Gasteiger partial charge < -0.3 is 14.8 Å². The number of rotatable bonds is 5. The van der Waals surface area contributed by atoms with Crippen LogP contribution in [0, 0.1) is 5.82 Å². The van der Waals surface area contributed by atoms with E-state index in [0.717, 1.165) is 18.5 Å². The van der Waals surface area contributed by atoms with Crippen LogP contribution in [0.1, 0.15) is 12.0 Å². The summed E-state index contributed by atoms with van der Waals surface area (Å²) < 4.78 is 23.9. The fourth-order valence-electron chi connectivity index (χ4n) is 2.16. The Kier molecular flexibility index (Phi) is 3.64. The van der Waals surface area contributed by atoms with E-state index in [4.69, 9.17) is 9.47 Å². The minimum Gasteiger partial charge on any atom is -0.494 e. The van der Waals surface area contributed by atoms with Crippen molar-refractivity contribution in [1.82, 2.24) is 5.32 Å². The van der Waals surface area contributed by atoms with Crippen molar-refractivity contribution >= 4 is 0 Å². The molecular weight excluding hydrogens is 221 g/mol. The zero-order valence-electron chi connectivity index (χ0n) is 10.3. The Bertz CT molecular complexity index is 391. The van der Waals surface area contributed by atoms with Gasteiger partial charge in [0.1, 0.15) is 0 Å². The molecule has 1 aliphatic heterocycles. The highest BCUT2D eigenvalue weighted by molar-refractivity contribution is 5.35. The van der Waals surface area contributed by atoms with Crippen LogP contribution in [0.3, 0.4) is 0 Å². The van der Waals surface area contributed by atoms with Gasteiger partial charge in [-0.05, 0) is 37.7 Å². The summed E-state index contributed by atoms with van der Waals surface area (Å²) in [7, 11) is 3.39. The Hall–Kier alpha value is -1.13. The maximum Gasteiger partial charge on any atom is 0.165 e. The van der Waals surface area contributed by atoms with Gasteiger partial charge in [-0.1, -0.05) is 6.07 Å². The van der Waals surface area contributed by atoms with Crippen LogP contribution in [0.5, 0.6) is 5.75 Å². The first-order chi connectivity index (χ1) is 8.22. The number of benzene rings is 1. The van der Waals surface area contributed by atoms with Gasteiger partial charge in [-0.3, -0.25) is 0 Å². The van der Waals surface area contributed by atoms with Gasteiger partial charge in [0.15, 0.2) is 11.6 Å². The van der Waals surface area contributed by atoms with Crippen molar-refractivity contribution in [2.45, 2.75) is 11.8 Å². The Morgan fingerprint density at radius 3 is 2.71 bits per heavy atom. The molecular formula is C13H18FNO2. The summed E-state index contributed by atoms with van der Waals surface area (Å²) in [6.45, 7) is 2.23. The molecule has 0 spiro atoms. The van der Waals surface area contributed by atoms with E-state index in [1.807, 2.05) is 13.1 Å². The number of hydrogen-bond donors (Lipinski definition) is 1. The average molecular weight is 239 g/mol. The zero-order valence-corrected chi connectivity index (χ0v) is 10.3. The van der Waals surface area contributed by atoms with Gasteiger partial charge in [0, 0.05) is 5.41 Å². The third-order valence-electron chi connectivity index (χ3n) is 3.37. The molecule has 3 nitrogen and oxygen atoms in total. The number of nitrogens with one attached hydrogen (secondary N) is 1. The molecule has 0 amide bonds. The lowest BCUT2D eigenvalue weighted by atomic mass is 9.76. The highest BCUT2D eigenvalue weighted by Gasteiger charge is 2.40. The lowest BCUT2D eigenvalue weighted by molar-refractivity contribution is -0.0639. The van der Waals surface area contributed by atoms with E-state index < -0.39 is 0 Å². The van der Waals surface area contributed by atoms with E-state index in [0.29, 0.717) is 13.2 Å². The van der Waals surface area contributed by atoms with Crippen LogP contribution >= 0.6 is 0 Å². The topological polar surface area (TPSA) is 30.5 Å². The molecule has 1 fully saturated rings. The van der Waals surface area contributed by atoms with Crippen molar-refractivity contribution in [2.24, 2.45) is 0 Å². The summed E-state index contributed by atoms with van der Waals surface area (Å²) in [4.78, 5) is 0. The van der Waals surface area contributed by atoms with Crippen LogP contribution in [0.4, 0.5) is 4.39 Å². The first-order valence-corrected chi connectivity index (χ1v) is 5.78. The molecule has 0 saturated carbocycles. The second-order valence-electron chi connectivity index (χ2n) is 4.48. The van der Waals surface area contributed by atoms with E-state index in [-0.39, 0.29) is 17.0 Å². The van der Waals surface area contributed by atoms with Crippen molar-refractivity contribution in [1.29, 1.82) is 0 Å². The SMILES string of the molecule is CNCCC1(c2ccc(OC)c(F)c2)COC1. The molecule has 0 unspecified atom stereocenters. The summed E-state index contributed by atoms with van der Waals surface area (Å²) in [5.41, 5.74) is 0.966. The van der Waals surface area contributed by atoms with E-state index in [9.17, 15) is 4.39 Å². The van der Waals surface area contributed by atoms with Crippen molar-refractivity contribution in [3.05, 3.63) is 29.6 Å². The van der Waals surface area contributed by atoms with Crippen molar-refractivity contribution < 1.29 is 13.9 Å². The monoisotopic (exact) mass is 239 g/mol. The van der Waals surface area contributed by atoms with Gasteiger partial charge in [0.2, 0.25) is 0 Å².